The molecule has 2 heterocycles. The lowest BCUT2D eigenvalue weighted by atomic mass is 9.99. The minimum absolute atomic E-state index is 0.0337. The van der Waals surface area contributed by atoms with Gasteiger partial charge in [0, 0.05) is 24.3 Å². The van der Waals surface area contributed by atoms with E-state index in [-0.39, 0.29) is 12.5 Å². The van der Waals surface area contributed by atoms with Crippen molar-refractivity contribution in [2.75, 3.05) is 29.9 Å². The molecule has 30 heavy (non-hydrogen) atoms. The summed E-state index contributed by atoms with van der Waals surface area (Å²) in [5, 5.41) is 11.7. The van der Waals surface area contributed by atoms with Crippen LogP contribution in [-0.4, -0.2) is 35.8 Å². The maximum absolute atomic E-state index is 12.1. The highest BCUT2D eigenvalue weighted by Crippen LogP contribution is 2.24. The smallest absolute Gasteiger partial charge is 0.262 e. The summed E-state index contributed by atoms with van der Waals surface area (Å²) in [6.45, 7) is 4.34. The molecule has 4 rings (SSSR count). The molecule has 1 N–H and O–H groups in total. The summed E-state index contributed by atoms with van der Waals surface area (Å²) in [7, 11) is 0. The van der Waals surface area contributed by atoms with Crippen LogP contribution < -0.4 is 15.0 Å². The van der Waals surface area contributed by atoms with E-state index in [1.807, 2.05) is 66.7 Å². The van der Waals surface area contributed by atoms with E-state index in [0.717, 1.165) is 36.1 Å². The quantitative estimate of drug-likeness (QED) is 0.662. The summed E-state index contributed by atoms with van der Waals surface area (Å²) < 4.78 is 5.47. The van der Waals surface area contributed by atoms with E-state index in [2.05, 4.69) is 27.3 Å². The summed E-state index contributed by atoms with van der Waals surface area (Å²) in [4.78, 5) is 14.4. The van der Waals surface area contributed by atoms with E-state index in [4.69, 9.17) is 4.74 Å². The minimum atomic E-state index is -0.202. The zero-order chi connectivity index (χ0) is 20.8. The lowest BCUT2D eigenvalue weighted by molar-refractivity contribution is -0.118. The number of aromatic nitrogens is 2. The van der Waals surface area contributed by atoms with Crippen LogP contribution >= 0.6 is 0 Å². The summed E-state index contributed by atoms with van der Waals surface area (Å²) in [6.07, 6.45) is 2.40. The van der Waals surface area contributed by atoms with Gasteiger partial charge in [-0.05, 0) is 55.2 Å². The first-order valence-electron chi connectivity index (χ1n) is 10.3. The van der Waals surface area contributed by atoms with E-state index in [0.29, 0.717) is 11.4 Å². The van der Waals surface area contributed by atoms with Gasteiger partial charge in [-0.25, -0.2) is 0 Å². The highest BCUT2D eigenvalue weighted by atomic mass is 16.5. The molecule has 6 nitrogen and oxygen atoms in total. The van der Waals surface area contributed by atoms with E-state index in [1.165, 1.54) is 12.8 Å². The number of benzene rings is 2. The maximum Gasteiger partial charge on any atom is 0.262 e. The second-order valence-corrected chi connectivity index (χ2v) is 7.67. The lowest BCUT2D eigenvalue weighted by Crippen LogP contribution is -2.33. The number of carbonyl (C=O) groups excluding carboxylic acids is 1. The third kappa shape index (κ3) is 5.14. The van der Waals surface area contributed by atoms with Crippen LogP contribution in [0.15, 0.2) is 66.7 Å². The number of hydrogen-bond acceptors (Lipinski definition) is 5. The number of amides is 1. The zero-order valence-electron chi connectivity index (χ0n) is 17.1. The molecule has 0 bridgehead atoms. The van der Waals surface area contributed by atoms with Crippen LogP contribution in [0.3, 0.4) is 0 Å². The Morgan fingerprint density at radius 3 is 2.40 bits per heavy atom. The Morgan fingerprint density at radius 2 is 1.73 bits per heavy atom. The molecule has 1 fully saturated rings. The third-order valence-corrected chi connectivity index (χ3v) is 5.34. The largest absolute Gasteiger partial charge is 0.484 e. The number of rotatable bonds is 6. The average molecular weight is 402 g/mol. The Labute approximate surface area is 176 Å². The molecule has 3 aromatic rings. The molecule has 1 aliphatic rings. The molecule has 154 valence electrons. The number of nitrogens with one attached hydrogen (secondary N) is 1. The molecule has 2 aromatic carbocycles. The van der Waals surface area contributed by atoms with E-state index >= 15 is 0 Å². The SMILES string of the molecule is CC1CCN(c2ccc(-c3ccc(NC(=O)COc4ccccc4)cc3)nn2)CC1. The Kier molecular flexibility index (Phi) is 6.23. The number of anilines is 2. The summed E-state index contributed by atoms with van der Waals surface area (Å²) in [6, 6.07) is 20.9. The highest BCUT2D eigenvalue weighted by Gasteiger charge is 2.17. The van der Waals surface area contributed by atoms with E-state index in [9.17, 15) is 4.79 Å². The molecule has 0 unspecified atom stereocenters. The summed E-state index contributed by atoms with van der Waals surface area (Å²) in [5.41, 5.74) is 2.49. The Hall–Kier alpha value is -3.41. The van der Waals surface area contributed by atoms with Crippen molar-refractivity contribution >= 4 is 17.4 Å². The van der Waals surface area contributed by atoms with Crippen molar-refractivity contribution in [2.45, 2.75) is 19.8 Å². The topological polar surface area (TPSA) is 67.4 Å². The molecule has 0 radical (unpaired) electrons. The third-order valence-electron chi connectivity index (χ3n) is 5.34. The fraction of sp³-hybridized carbons (Fsp3) is 0.292. The van der Waals surface area contributed by atoms with Crippen LogP contribution in [0.5, 0.6) is 5.75 Å². The van der Waals surface area contributed by atoms with E-state index < -0.39 is 0 Å². The van der Waals surface area contributed by atoms with Gasteiger partial charge in [-0.15, -0.1) is 10.2 Å². The number of piperidine rings is 1. The number of ether oxygens (including phenoxy) is 1. The molecule has 0 aliphatic carbocycles. The van der Waals surface area contributed by atoms with Gasteiger partial charge in [0.2, 0.25) is 0 Å². The fourth-order valence-electron chi connectivity index (χ4n) is 3.47. The molecule has 0 saturated carbocycles. The van der Waals surface area contributed by atoms with Crippen molar-refractivity contribution in [2.24, 2.45) is 5.92 Å². The Balaban J connectivity index is 1.32. The number of hydrogen-bond donors (Lipinski definition) is 1. The van der Waals surface area contributed by atoms with Crippen LogP contribution in [0.25, 0.3) is 11.3 Å². The standard InChI is InChI=1S/C24H26N4O2/c1-18-13-15-28(16-14-18)23-12-11-22(26-27-23)19-7-9-20(10-8-19)25-24(29)17-30-21-5-3-2-4-6-21/h2-12,18H,13-17H2,1H3,(H,25,29). The van der Waals surface area contributed by atoms with Crippen LogP contribution in [0, 0.1) is 5.92 Å². The van der Waals surface area contributed by atoms with Gasteiger partial charge in [-0.2, -0.15) is 0 Å². The van der Waals surface area contributed by atoms with Gasteiger partial charge in [0.15, 0.2) is 12.4 Å². The van der Waals surface area contributed by atoms with Crippen molar-refractivity contribution in [1.29, 1.82) is 0 Å². The second kappa shape index (κ2) is 9.39. The molecule has 0 atom stereocenters. The van der Waals surface area contributed by atoms with E-state index in [1.54, 1.807) is 0 Å². The number of nitrogens with zero attached hydrogens (tertiary/aromatic N) is 3. The van der Waals surface area contributed by atoms with Gasteiger partial charge in [-0.3, -0.25) is 4.79 Å². The molecule has 0 spiro atoms. The molecule has 1 aromatic heterocycles. The van der Waals surface area contributed by atoms with Gasteiger partial charge >= 0.3 is 0 Å². The second-order valence-electron chi connectivity index (χ2n) is 7.67. The Morgan fingerprint density at radius 1 is 1.00 bits per heavy atom. The monoisotopic (exact) mass is 402 g/mol. The first-order valence-corrected chi connectivity index (χ1v) is 10.3. The van der Waals surface area contributed by atoms with Gasteiger partial charge in [0.05, 0.1) is 5.69 Å². The minimum Gasteiger partial charge on any atom is -0.484 e. The van der Waals surface area contributed by atoms with Crippen molar-refractivity contribution in [3.63, 3.8) is 0 Å². The highest BCUT2D eigenvalue weighted by molar-refractivity contribution is 5.92. The Bertz CT molecular complexity index is 951. The molecular weight excluding hydrogens is 376 g/mol. The van der Waals surface area contributed by atoms with Crippen LogP contribution in [-0.2, 0) is 4.79 Å². The van der Waals surface area contributed by atoms with Crippen molar-refractivity contribution in [3.05, 3.63) is 66.7 Å². The summed E-state index contributed by atoms with van der Waals surface area (Å²) >= 11 is 0. The lowest BCUT2D eigenvalue weighted by Gasteiger charge is -2.30. The van der Waals surface area contributed by atoms with Crippen LogP contribution in [0.4, 0.5) is 11.5 Å². The molecule has 1 amide bonds. The van der Waals surface area contributed by atoms with Crippen molar-refractivity contribution in [3.8, 4) is 17.0 Å². The molecule has 1 saturated heterocycles. The average Bonchev–Trinajstić information content (AvgIpc) is 2.80. The van der Waals surface area contributed by atoms with Crippen molar-refractivity contribution in [1.82, 2.24) is 10.2 Å². The predicted molar refractivity (Wildman–Crippen MR) is 119 cm³/mol. The normalized spacial score (nSPS) is 14.4. The molecular formula is C24H26N4O2. The first-order chi connectivity index (χ1) is 14.7. The zero-order valence-corrected chi connectivity index (χ0v) is 17.1. The fourth-order valence-corrected chi connectivity index (χ4v) is 3.47. The van der Waals surface area contributed by atoms with Crippen LogP contribution in [0.1, 0.15) is 19.8 Å². The van der Waals surface area contributed by atoms with Gasteiger partial charge in [0.1, 0.15) is 5.75 Å². The maximum atomic E-state index is 12.1. The molecule has 6 heteroatoms. The van der Waals surface area contributed by atoms with Gasteiger partial charge in [-0.1, -0.05) is 37.3 Å². The van der Waals surface area contributed by atoms with Gasteiger partial charge in [0.25, 0.3) is 5.91 Å². The van der Waals surface area contributed by atoms with Gasteiger partial charge < -0.3 is 15.0 Å². The summed E-state index contributed by atoms with van der Waals surface area (Å²) in [5.74, 6) is 2.20. The first kappa shape index (κ1) is 19.9. The predicted octanol–water partition coefficient (Wildman–Crippen LogP) is 4.40. The van der Waals surface area contributed by atoms with Crippen LogP contribution in [0.2, 0.25) is 0 Å². The number of para-hydroxylation sites is 1. The molecule has 1 aliphatic heterocycles. The van der Waals surface area contributed by atoms with Crippen molar-refractivity contribution < 1.29 is 9.53 Å². The number of carbonyl (C=O) groups is 1.